The standard InChI is InChI=1S/C23H32ClN5O2S/c1-17-8-11-28(12-9-17)22-26-27-23(29(22)16-19-6-4-13-31-19)32-14-10-21(30)25-15-18-5-2-3-7-20(18)24/h2-3,5,7,17,19H,4,6,8-16H2,1H3,(H,25,30). The molecule has 0 aliphatic carbocycles. The van der Waals surface area contributed by atoms with Gasteiger partial charge in [0.2, 0.25) is 11.9 Å². The number of benzene rings is 1. The van der Waals surface area contributed by atoms with E-state index in [1.165, 1.54) is 12.8 Å². The van der Waals surface area contributed by atoms with E-state index >= 15 is 0 Å². The molecule has 1 aromatic heterocycles. The Morgan fingerprint density at radius 2 is 2.06 bits per heavy atom. The number of carbonyl (C=O) groups excluding carboxylic acids is 1. The number of anilines is 1. The van der Waals surface area contributed by atoms with Gasteiger partial charge in [0.1, 0.15) is 0 Å². The number of thioether (sulfide) groups is 1. The summed E-state index contributed by atoms with van der Waals surface area (Å²) in [6.07, 6.45) is 5.17. The molecule has 1 atom stereocenters. The second-order valence-corrected chi connectivity index (χ2v) is 10.1. The summed E-state index contributed by atoms with van der Waals surface area (Å²) >= 11 is 7.76. The van der Waals surface area contributed by atoms with E-state index in [1.54, 1.807) is 11.8 Å². The second kappa shape index (κ2) is 11.4. The lowest BCUT2D eigenvalue weighted by Crippen LogP contribution is -2.35. The van der Waals surface area contributed by atoms with Crippen molar-refractivity contribution in [1.29, 1.82) is 0 Å². The van der Waals surface area contributed by atoms with E-state index in [9.17, 15) is 4.79 Å². The van der Waals surface area contributed by atoms with Crippen LogP contribution in [0.2, 0.25) is 5.02 Å². The van der Waals surface area contributed by atoms with Gasteiger partial charge in [-0.3, -0.25) is 9.36 Å². The number of hydrogen-bond donors (Lipinski definition) is 1. The van der Waals surface area contributed by atoms with Crippen molar-refractivity contribution in [2.24, 2.45) is 5.92 Å². The average Bonchev–Trinajstić information content (AvgIpc) is 3.45. The molecule has 0 spiro atoms. The first-order valence-corrected chi connectivity index (χ1v) is 12.9. The maximum absolute atomic E-state index is 12.3. The summed E-state index contributed by atoms with van der Waals surface area (Å²) in [4.78, 5) is 14.7. The molecular weight excluding hydrogens is 446 g/mol. The predicted molar refractivity (Wildman–Crippen MR) is 128 cm³/mol. The molecule has 0 bridgehead atoms. The molecule has 0 saturated carbocycles. The molecule has 0 radical (unpaired) electrons. The number of aromatic nitrogens is 3. The average molecular weight is 478 g/mol. The first kappa shape index (κ1) is 23.4. The number of nitrogens with zero attached hydrogens (tertiary/aromatic N) is 4. The Morgan fingerprint density at radius 1 is 1.25 bits per heavy atom. The van der Waals surface area contributed by atoms with Crippen molar-refractivity contribution in [3.63, 3.8) is 0 Å². The zero-order valence-electron chi connectivity index (χ0n) is 18.6. The number of rotatable bonds is 9. The topological polar surface area (TPSA) is 72.3 Å². The third-order valence-corrected chi connectivity index (χ3v) is 7.51. The first-order valence-electron chi connectivity index (χ1n) is 11.5. The summed E-state index contributed by atoms with van der Waals surface area (Å²) < 4.78 is 8.09. The summed E-state index contributed by atoms with van der Waals surface area (Å²) in [5, 5.41) is 13.5. The molecule has 1 aromatic carbocycles. The fourth-order valence-electron chi connectivity index (χ4n) is 4.14. The van der Waals surface area contributed by atoms with Gasteiger partial charge in [0.05, 0.1) is 12.6 Å². The highest BCUT2D eigenvalue weighted by Gasteiger charge is 2.26. The van der Waals surface area contributed by atoms with Gasteiger partial charge in [-0.1, -0.05) is 48.5 Å². The Morgan fingerprint density at radius 3 is 2.81 bits per heavy atom. The van der Waals surface area contributed by atoms with Gasteiger partial charge < -0.3 is 15.0 Å². The minimum atomic E-state index is 0.00727. The molecule has 2 saturated heterocycles. The highest BCUT2D eigenvalue weighted by Crippen LogP contribution is 2.28. The van der Waals surface area contributed by atoms with E-state index in [0.29, 0.717) is 23.7 Å². The lowest BCUT2D eigenvalue weighted by atomic mass is 10.00. The van der Waals surface area contributed by atoms with E-state index < -0.39 is 0 Å². The molecule has 7 nitrogen and oxygen atoms in total. The van der Waals surface area contributed by atoms with E-state index in [0.717, 1.165) is 61.7 Å². The summed E-state index contributed by atoms with van der Waals surface area (Å²) in [5.74, 6) is 2.36. The highest BCUT2D eigenvalue weighted by atomic mass is 35.5. The molecule has 1 amide bonds. The third-order valence-electron chi connectivity index (χ3n) is 6.17. The van der Waals surface area contributed by atoms with Crippen LogP contribution in [0, 0.1) is 5.92 Å². The zero-order chi connectivity index (χ0) is 22.3. The second-order valence-electron chi connectivity index (χ2n) is 8.66. The summed E-state index contributed by atoms with van der Waals surface area (Å²) in [6.45, 7) is 6.38. The van der Waals surface area contributed by atoms with Crippen LogP contribution in [0.3, 0.4) is 0 Å². The number of ether oxygens (including phenoxy) is 1. The highest BCUT2D eigenvalue weighted by molar-refractivity contribution is 7.99. The van der Waals surface area contributed by atoms with Crippen molar-refractivity contribution in [1.82, 2.24) is 20.1 Å². The van der Waals surface area contributed by atoms with Crippen LogP contribution in [0.4, 0.5) is 5.95 Å². The third kappa shape index (κ3) is 6.17. The van der Waals surface area contributed by atoms with Crippen molar-refractivity contribution in [2.75, 3.05) is 30.3 Å². The Hall–Kier alpha value is -1.77. The molecule has 174 valence electrons. The lowest BCUT2D eigenvalue weighted by Gasteiger charge is -2.31. The molecular formula is C23H32ClN5O2S. The Balaban J connectivity index is 1.33. The largest absolute Gasteiger partial charge is 0.376 e. The smallest absolute Gasteiger partial charge is 0.228 e. The number of carbonyl (C=O) groups is 1. The van der Waals surface area contributed by atoms with E-state index in [4.69, 9.17) is 16.3 Å². The van der Waals surface area contributed by atoms with Crippen LogP contribution >= 0.6 is 23.4 Å². The van der Waals surface area contributed by atoms with Crippen LogP contribution in [0.5, 0.6) is 0 Å². The number of piperidine rings is 1. The van der Waals surface area contributed by atoms with E-state index in [-0.39, 0.29) is 12.0 Å². The molecule has 2 aromatic rings. The number of amides is 1. The number of nitrogens with one attached hydrogen (secondary N) is 1. The minimum absolute atomic E-state index is 0.00727. The SMILES string of the molecule is CC1CCN(c2nnc(SCCC(=O)NCc3ccccc3Cl)n2CC2CCCO2)CC1. The van der Waals surface area contributed by atoms with Gasteiger partial charge >= 0.3 is 0 Å². The van der Waals surface area contributed by atoms with Gasteiger partial charge in [0.15, 0.2) is 5.16 Å². The van der Waals surface area contributed by atoms with E-state index in [2.05, 4.69) is 31.9 Å². The maximum Gasteiger partial charge on any atom is 0.228 e. The van der Waals surface area contributed by atoms with Crippen molar-refractivity contribution in [2.45, 2.75) is 63.4 Å². The normalized spacial score (nSPS) is 19.4. The lowest BCUT2D eigenvalue weighted by molar-refractivity contribution is -0.120. The van der Waals surface area contributed by atoms with Crippen molar-refractivity contribution in [3.05, 3.63) is 34.9 Å². The Kier molecular flexibility index (Phi) is 8.32. The molecule has 4 rings (SSSR count). The number of halogens is 1. The summed E-state index contributed by atoms with van der Waals surface area (Å²) in [6, 6.07) is 7.56. The first-order chi connectivity index (χ1) is 15.6. The van der Waals surface area contributed by atoms with Gasteiger partial charge in [-0.15, -0.1) is 10.2 Å². The van der Waals surface area contributed by atoms with Gasteiger partial charge in [-0.25, -0.2) is 0 Å². The predicted octanol–water partition coefficient (Wildman–Crippen LogP) is 4.15. The molecule has 32 heavy (non-hydrogen) atoms. The van der Waals surface area contributed by atoms with Crippen molar-refractivity contribution >= 4 is 35.2 Å². The van der Waals surface area contributed by atoms with Gasteiger partial charge in [-0.05, 0) is 43.2 Å². The van der Waals surface area contributed by atoms with Crippen LogP contribution in [0.15, 0.2) is 29.4 Å². The Labute approximate surface area is 199 Å². The minimum Gasteiger partial charge on any atom is -0.376 e. The molecule has 2 aliphatic rings. The molecule has 1 unspecified atom stereocenters. The quantitative estimate of drug-likeness (QED) is 0.547. The fourth-order valence-corrected chi connectivity index (χ4v) is 5.22. The van der Waals surface area contributed by atoms with Gasteiger partial charge in [0.25, 0.3) is 0 Å². The van der Waals surface area contributed by atoms with Crippen molar-refractivity contribution in [3.8, 4) is 0 Å². The molecule has 1 N–H and O–H groups in total. The van der Waals surface area contributed by atoms with Gasteiger partial charge in [-0.2, -0.15) is 0 Å². The maximum atomic E-state index is 12.3. The van der Waals surface area contributed by atoms with Crippen LogP contribution in [-0.2, 0) is 22.6 Å². The van der Waals surface area contributed by atoms with Crippen LogP contribution in [0.25, 0.3) is 0 Å². The van der Waals surface area contributed by atoms with Crippen LogP contribution in [0.1, 0.15) is 44.6 Å². The molecule has 3 heterocycles. The molecule has 2 fully saturated rings. The van der Waals surface area contributed by atoms with Crippen LogP contribution < -0.4 is 10.2 Å². The summed E-state index contributed by atoms with van der Waals surface area (Å²) in [5.41, 5.74) is 0.923. The van der Waals surface area contributed by atoms with Gasteiger partial charge in [0, 0.05) is 43.4 Å². The summed E-state index contributed by atoms with van der Waals surface area (Å²) in [7, 11) is 0. The Bertz CT molecular complexity index is 894. The monoisotopic (exact) mass is 477 g/mol. The molecule has 9 heteroatoms. The zero-order valence-corrected chi connectivity index (χ0v) is 20.2. The molecule has 2 aliphatic heterocycles. The van der Waals surface area contributed by atoms with E-state index in [1.807, 2.05) is 24.3 Å². The fraction of sp³-hybridized carbons (Fsp3) is 0.609. The number of hydrogen-bond acceptors (Lipinski definition) is 6. The van der Waals surface area contributed by atoms with Crippen molar-refractivity contribution < 1.29 is 9.53 Å². The van der Waals surface area contributed by atoms with Crippen LogP contribution in [-0.4, -0.2) is 52.2 Å².